The van der Waals surface area contributed by atoms with Crippen molar-refractivity contribution in [1.29, 1.82) is 0 Å². The smallest absolute Gasteiger partial charge is 0.307 e. The van der Waals surface area contributed by atoms with Crippen molar-refractivity contribution in [2.24, 2.45) is 17.3 Å². The summed E-state index contributed by atoms with van der Waals surface area (Å²) in [5.74, 6) is -1.29. The lowest BCUT2D eigenvalue weighted by Gasteiger charge is -2.34. The third-order valence-electron chi connectivity index (χ3n) is 3.48. The molecule has 0 bridgehead atoms. The van der Waals surface area contributed by atoms with Crippen molar-refractivity contribution in [3.05, 3.63) is 0 Å². The second kappa shape index (κ2) is 5.79. The highest BCUT2D eigenvalue weighted by atomic mass is 32.2. The van der Waals surface area contributed by atoms with Gasteiger partial charge in [0.1, 0.15) is 0 Å². The molecule has 1 aliphatic rings. The number of sulfonamides is 1. The third kappa shape index (κ3) is 5.10. The first kappa shape index (κ1) is 16.4. The molecular weight excluding hydrogens is 266 g/mol. The van der Waals surface area contributed by atoms with E-state index in [4.69, 9.17) is 5.11 Å². The molecule has 0 amide bonds. The van der Waals surface area contributed by atoms with Gasteiger partial charge in [0, 0.05) is 13.1 Å². The van der Waals surface area contributed by atoms with Crippen LogP contribution in [0.25, 0.3) is 0 Å². The van der Waals surface area contributed by atoms with E-state index < -0.39 is 21.9 Å². The molecule has 5 nitrogen and oxygen atoms in total. The predicted octanol–water partition coefficient (Wildman–Crippen LogP) is 1.79. The van der Waals surface area contributed by atoms with Gasteiger partial charge in [-0.2, -0.15) is 0 Å². The number of carboxylic acids is 1. The van der Waals surface area contributed by atoms with Crippen LogP contribution in [0.15, 0.2) is 0 Å². The van der Waals surface area contributed by atoms with E-state index in [0.29, 0.717) is 19.4 Å². The minimum Gasteiger partial charge on any atom is -0.481 e. The lowest BCUT2D eigenvalue weighted by Crippen LogP contribution is -2.46. The first-order valence-electron chi connectivity index (χ1n) is 6.72. The van der Waals surface area contributed by atoms with Crippen LogP contribution in [-0.4, -0.2) is 42.6 Å². The Morgan fingerprint density at radius 3 is 2.37 bits per heavy atom. The van der Waals surface area contributed by atoms with Gasteiger partial charge in [-0.15, -0.1) is 0 Å². The summed E-state index contributed by atoms with van der Waals surface area (Å²) in [6, 6.07) is 0. The largest absolute Gasteiger partial charge is 0.481 e. The molecule has 19 heavy (non-hydrogen) atoms. The molecule has 0 aliphatic carbocycles. The van der Waals surface area contributed by atoms with Crippen molar-refractivity contribution in [3.63, 3.8) is 0 Å². The number of hydrogen-bond acceptors (Lipinski definition) is 3. The summed E-state index contributed by atoms with van der Waals surface area (Å²) in [5.41, 5.74) is -0.0410. The van der Waals surface area contributed by atoms with Crippen molar-refractivity contribution in [3.8, 4) is 0 Å². The number of rotatable bonds is 4. The van der Waals surface area contributed by atoms with Crippen LogP contribution in [0.4, 0.5) is 0 Å². The number of aliphatic carboxylic acids is 1. The molecule has 0 aromatic heterocycles. The fraction of sp³-hybridized carbons (Fsp3) is 0.923. The lowest BCUT2D eigenvalue weighted by molar-refractivity contribution is -0.143. The van der Waals surface area contributed by atoms with Crippen molar-refractivity contribution < 1.29 is 18.3 Å². The van der Waals surface area contributed by atoms with Crippen molar-refractivity contribution in [2.45, 2.75) is 40.5 Å². The Hall–Kier alpha value is -0.620. The Bertz CT molecular complexity index is 424. The van der Waals surface area contributed by atoms with E-state index in [1.54, 1.807) is 0 Å². The van der Waals surface area contributed by atoms with E-state index in [1.165, 1.54) is 4.31 Å². The molecule has 1 saturated heterocycles. The number of nitrogens with zero attached hydrogens (tertiary/aromatic N) is 1. The summed E-state index contributed by atoms with van der Waals surface area (Å²) in [6.45, 7) is 8.47. The van der Waals surface area contributed by atoms with Crippen molar-refractivity contribution in [2.75, 3.05) is 18.8 Å². The second-order valence-electron chi connectivity index (χ2n) is 6.82. The molecule has 0 saturated carbocycles. The molecule has 0 aromatic carbocycles. The zero-order chi connectivity index (χ0) is 14.8. The molecule has 1 N–H and O–H groups in total. The summed E-state index contributed by atoms with van der Waals surface area (Å²) < 4.78 is 25.9. The summed E-state index contributed by atoms with van der Waals surface area (Å²) in [5, 5.41) is 9.08. The van der Waals surface area contributed by atoms with Gasteiger partial charge in [0.15, 0.2) is 0 Å². The number of carbonyl (C=O) groups is 1. The molecule has 0 spiro atoms. The summed E-state index contributed by atoms with van der Waals surface area (Å²) in [4.78, 5) is 11.1. The van der Waals surface area contributed by atoms with E-state index in [2.05, 4.69) is 0 Å². The van der Waals surface area contributed by atoms with Crippen LogP contribution in [0.3, 0.4) is 0 Å². The van der Waals surface area contributed by atoms with Crippen LogP contribution in [0.2, 0.25) is 0 Å². The molecule has 1 heterocycles. The monoisotopic (exact) mass is 291 g/mol. The van der Waals surface area contributed by atoms with E-state index >= 15 is 0 Å². The fourth-order valence-corrected chi connectivity index (χ4v) is 4.29. The first-order chi connectivity index (χ1) is 8.51. The Labute approximate surface area is 116 Å². The van der Waals surface area contributed by atoms with Crippen LogP contribution in [0.5, 0.6) is 0 Å². The fourth-order valence-electron chi connectivity index (χ4n) is 2.27. The molecule has 0 aromatic rings. The summed E-state index contributed by atoms with van der Waals surface area (Å²) >= 11 is 0. The molecule has 6 heteroatoms. The Morgan fingerprint density at radius 1 is 1.32 bits per heavy atom. The molecule has 112 valence electrons. The van der Waals surface area contributed by atoms with Crippen LogP contribution in [0, 0.1) is 17.3 Å². The van der Waals surface area contributed by atoms with Gasteiger partial charge in [-0.1, -0.05) is 27.7 Å². The minimum absolute atomic E-state index is 0.0410. The van der Waals surface area contributed by atoms with Gasteiger partial charge in [0.2, 0.25) is 10.0 Å². The van der Waals surface area contributed by atoms with Crippen LogP contribution >= 0.6 is 0 Å². The van der Waals surface area contributed by atoms with Gasteiger partial charge in [0.05, 0.1) is 11.7 Å². The molecule has 1 fully saturated rings. The molecule has 0 radical (unpaired) electrons. The normalized spacial score (nSPS) is 26.3. The topological polar surface area (TPSA) is 74.7 Å². The van der Waals surface area contributed by atoms with Gasteiger partial charge in [0.25, 0.3) is 0 Å². The van der Waals surface area contributed by atoms with Crippen LogP contribution < -0.4 is 0 Å². The number of piperidine rings is 1. The van der Waals surface area contributed by atoms with Crippen molar-refractivity contribution in [1.82, 2.24) is 4.31 Å². The molecule has 2 unspecified atom stereocenters. The van der Waals surface area contributed by atoms with Crippen LogP contribution in [-0.2, 0) is 14.8 Å². The Balaban J connectivity index is 2.74. The average Bonchev–Trinajstić information content (AvgIpc) is 2.25. The van der Waals surface area contributed by atoms with Gasteiger partial charge in [-0.05, 0) is 24.2 Å². The molecule has 1 aliphatic heterocycles. The molecule has 2 atom stereocenters. The zero-order valence-electron chi connectivity index (χ0n) is 12.2. The highest BCUT2D eigenvalue weighted by Crippen LogP contribution is 2.26. The highest BCUT2D eigenvalue weighted by molar-refractivity contribution is 7.89. The SMILES string of the molecule is CC1CC(C(=O)O)CN(S(=O)(=O)CCC(C)(C)C)C1. The zero-order valence-corrected chi connectivity index (χ0v) is 13.0. The van der Waals surface area contributed by atoms with E-state index in [9.17, 15) is 13.2 Å². The van der Waals surface area contributed by atoms with E-state index in [0.717, 1.165) is 0 Å². The van der Waals surface area contributed by atoms with Gasteiger partial charge in [-0.25, -0.2) is 12.7 Å². The van der Waals surface area contributed by atoms with E-state index in [-0.39, 0.29) is 23.6 Å². The van der Waals surface area contributed by atoms with E-state index in [1.807, 2.05) is 27.7 Å². The minimum atomic E-state index is -3.35. The second-order valence-corrected chi connectivity index (χ2v) is 8.91. The Morgan fingerprint density at radius 2 is 1.89 bits per heavy atom. The van der Waals surface area contributed by atoms with Crippen LogP contribution in [0.1, 0.15) is 40.5 Å². The van der Waals surface area contributed by atoms with Gasteiger partial charge in [-0.3, -0.25) is 4.79 Å². The maximum atomic E-state index is 12.3. The average molecular weight is 291 g/mol. The summed E-state index contributed by atoms with van der Waals surface area (Å²) in [7, 11) is -3.35. The quantitative estimate of drug-likeness (QED) is 0.857. The number of hydrogen-bond donors (Lipinski definition) is 1. The lowest BCUT2D eigenvalue weighted by atomic mass is 9.92. The molecular formula is C13H25NO4S. The molecule has 1 rings (SSSR count). The van der Waals surface area contributed by atoms with Gasteiger partial charge < -0.3 is 5.11 Å². The Kier molecular flexibility index (Phi) is 5.01. The predicted molar refractivity (Wildman–Crippen MR) is 74.3 cm³/mol. The maximum absolute atomic E-state index is 12.3. The third-order valence-corrected chi connectivity index (χ3v) is 5.28. The van der Waals surface area contributed by atoms with Crippen molar-refractivity contribution >= 4 is 16.0 Å². The van der Waals surface area contributed by atoms with Gasteiger partial charge >= 0.3 is 5.97 Å². The first-order valence-corrected chi connectivity index (χ1v) is 8.33. The highest BCUT2D eigenvalue weighted by Gasteiger charge is 2.35. The maximum Gasteiger partial charge on any atom is 0.307 e. The summed E-state index contributed by atoms with van der Waals surface area (Å²) in [6.07, 6.45) is 1.14. The standard InChI is InChI=1S/C13H25NO4S/c1-10-7-11(12(15)16)9-14(8-10)19(17,18)6-5-13(2,3)4/h10-11H,5-9H2,1-4H3,(H,15,16). The number of carboxylic acid groups (broad SMARTS) is 1.